The van der Waals surface area contributed by atoms with Crippen LogP contribution in [0.4, 0.5) is 17.6 Å². The van der Waals surface area contributed by atoms with Gasteiger partial charge in [-0.25, -0.2) is 0 Å². The summed E-state index contributed by atoms with van der Waals surface area (Å²) >= 11 is 0. The van der Waals surface area contributed by atoms with E-state index in [1.165, 1.54) is 11.1 Å². The molecule has 3 rings (SSSR count). The van der Waals surface area contributed by atoms with Crippen molar-refractivity contribution < 1.29 is 4.74 Å². The second kappa shape index (κ2) is 7.61. The number of anilines is 3. The number of nitrogens with one attached hydrogen (secondary N) is 1. The first-order chi connectivity index (χ1) is 12.1. The Morgan fingerprint density at radius 1 is 0.960 bits per heavy atom. The molecule has 6 nitrogen and oxygen atoms in total. The van der Waals surface area contributed by atoms with Crippen molar-refractivity contribution in [2.24, 2.45) is 0 Å². The third kappa shape index (κ3) is 4.67. The number of nitrogens with zero attached hydrogens (tertiary/aromatic N) is 3. The maximum Gasteiger partial charge on any atom is 0.232 e. The van der Waals surface area contributed by atoms with Gasteiger partial charge in [-0.1, -0.05) is 36.8 Å². The first-order valence-corrected chi connectivity index (χ1v) is 8.18. The number of ether oxygens (including phenoxy) is 1. The van der Waals surface area contributed by atoms with Gasteiger partial charge in [0.2, 0.25) is 11.9 Å². The number of benzene rings is 2. The van der Waals surface area contributed by atoms with Gasteiger partial charge in [0, 0.05) is 5.69 Å². The van der Waals surface area contributed by atoms with Crippen molar-refractivity contribution in [3.05, 3.63) is 65.5 Å². The molecule has 128 valence electrons. The van der Waals surface area contributed by atoms with E-state index >= 15 is 0 Å². The lowest BCUT2D eigenvalue weighted by molar-refractivity contribution is 0.296. The first-order valence-electron chi connectivity index (χ1n) is 8.18. The molecule has 0 unspecified atom stereocenters. The Morgan fingerprint density at radius 3 is 2.36 bits per heavy atom. The minimum Gasteiger partial charge on any atom is -0.486 e. The summed E-state index contributed by atoms with van der Waals surface area (Å²) in [5.41, 5.74) is 9.12. The topological polar surface area (TPSA) is 86.0 Å². The maximum absolute atomic E-state index is 5.79. The van der Waals surface area contributed by atoms with Crippen molar-refractivity contribution >= 4 is 17.6 Å². The van der Waals surface area contributed by atoms with Crippen LogP contribution in [0, 0.1) is 6.92 Å². The zero-order chi connectivity index (χ0) is 17.6. The number of hydrogen-bond acceptors (Lipinski definition) is 6. The van der Waals surface area contributed by atoms with E-state index in [0.717, 1.165) is 17.9 Å². The number of aromatic nitrogens is 3. The number of aryl methyl sites for hydroxylation is 2. The van der Waals surface area contributed by atoms with E-state index in [1.54, 1.807) is 0 Å². The number of rotatable bonds is 6. The third-order valence-corrected chi connectivity index (χ3v) is 3.71. The Bertz CT molecular complexity index is 831. The van der Waals surface area contributed by atoms with Gasteiger partial charge < -0.3 is 15.8 Å². The maximum atomic E-state index is 5.79. The second-order valence-electron chi connectivity index (χ2n) is 5.71. The van der Waals surface area contributed by atoms with Crippen molar-refractivity contribution in [3.8, 4) is 5.75 Å². The summed E-state index contributed by atoms with van der Waals surface area (Å²) in [6, 6.07) is 15.9. The van der Waals surface area contributed by atoms with Crippen LogP contribution in [-0.4, -0.2) is 15.0 Å². The van der Waals surface area contributed by atoms with Crippen LogP contribution in [0.5, 0.6) is 5.75 Å². The number of hydrogen-bond donors (Lipinski definition) is 2. The van der Waals surface area contributed by atoms with Crippen LogP contribution < -0.4 is 15.8 Å². The van der Waals surface area contributed by atoms with Crippen LogP contribution in [0.1, 0.15) is 23.9 Å². The van der Waals surface area contributed by atoms with E-state index < -0.39 is 0 Å². The van der Waals surface area contributed by atoms with Crippen molar-refractivity contribution in [1.82, 2.24) is 15.0 Å². The number of nitrogens with two attached hydrogens (primary N) is 1. The zero-order valence-electron chi connectivity index (χ0n) is 14.4. The van der Waals surface area contributed by atoms with Crippen LogP contribution >= 0.6 is 0 Å². The quantitative estimate of drug-likeness (QED) is 0.715. The molecule has 0 aliphatic carbocycles. The molecule has 3 aromatic rings. The molecule has 0 bridgehead atoms. The zero-order valence-corrected chi connectivity index (χ0v) is 14.4. The Kier molecular flexibility index (Phi) is 5.09. The molecule has 1 aromatic heterocycles. The Balaban J connectivity index is 1.69. The predicted molar refractivity (Wildman–Crippen MR) is 98.9 cm³/mol. The summed E-state index contributed by atoms with van der Waals surface area (Å²) in [6.45, 7) is 4.37. The first kappa shape index (κ1) is 16.7. The molecule has 25 heavy (non-hydrogen) atoms. The van der Waals surface area contributed by atoms with Crippen molar-refractivity contribution in [3.63, 3.8) is 0 Å². The van der Waals surface area contributed by atoms with Gasteiger partial charge in [-0.3, -0.25) is 0 Å². The molecule has 0 fully saturated rings. The molecule has 0 saturated heterocycles. The molecule has 3 N–H and O–H groups in total. The van der Waals surface area contributed by atoms with Crippen LogP contribution in [0.3, 0.4) is 0 Å². The SMILES string of the molecule is CCc1ccc(OCc2nc(N)nc(Nc3ccc(C)cc3)n2)cc1. The summed E-state index contributed by atoms with van der Waals surface area (Å²) in [5.74, 6) is 1.80. The van der Waals surface area contributed by atoms with Crippen molar-refractivity contribution in [2.75, 3.05) is 11.1 Å². The molecule has 0 atom stereocenters. The van der Waals surface area contributed by atoms with Crippen molar-refractivity contribution in [2.45, 2.75) is 26.9 Å². The molecule has 6 heteroatoms. The summed E-state index contributed by atoms with van der Waals surface area (Å²) in [5, 5.41) is 3.13. The summed E-state index contributed by atoms with van der Waals surface area (Å²) in [7, 11) is 0. The predicted octanol–water partition coefficient (Wildman–Crippen LogP) is 3.65. The van der Waals surface area contributed by atoms with Crippen LogP contribution in [0.15, 0.2) is 48.5 Å². The van der Waals surface area contributed by atoms with Gasteiger partial charge in [0.1, 0.15) is 12.4 Å². The molecule has 0 saturated carbocycles. The highest BCUT2D eigenvalue weighted by atomic mass is 16.5. The molecule has 1 heterocycles. The lowest BCUT2D eigenvalue weighted by Gasteiger charge is -2.09. The van der Waals surface area contributed by atoms with Crippen molar-refractivity contribution in [1.29, 1.82) is 0 Å². The summed E-state index contributed by atoms with van der Waals surface area (Å²) in [4.78, 5) is 12.6. The smallest absolute Gasteiger partial charge is 0.232 e. The van der Waals surface area contributed by atoms with Gasteiger partial charge in [-0.2, -0.15) is 15.0 Å². The van der Waals surface area contributed by atoms with Gasteiger partial charge in [0.05, 0.1) is 0 Å². The number of nitrogen functional groups attached to an aromatic ring is 1. The van der Waals surface area contributed by atoms with E-state index in [2.05, 4.69) is 27.2 Å². The molecule has 0 amide bonds. The molecule has 0 spiro atoms. The molecular weight excluding hydrogens is 314 g/mol. The van der Waals surface area contributed by atoms with Gasteiger partial charge in [0.25, 0.3) is 0 Å². The van der Waals surface area contributed by atoms with Gasteiger partial charge in [0.15, 0.2) is 5.82 Å². The van der Waals surface area contributed by atoms with E-state index in [4.69, 9.17) is 10.5 Å². The standard InChI is InChI=1S/C19H21N5O/c1-3-14-6-10-16(11-7-14)25-12-17-22-18(20)24-19(23-17)21-15-8-4-13(2)5-9-15/h4-11H,3,12H2,1-2H3,(H3,20,21,22,23,24). The van der Waals surface area contributed by atoms with Crippen LogP contribution in [-0.2, 0) is 13.0 Å². The van der Waals surface area contributed by atoms with E-state index in [1.807, 2.05) is 55.5 Å². The van der Waals surface area contributed by atoms with E-state index in [9.17, 15) is 0 Å². The summed E-state index contributed by atoms with van der Waals surface area (Å²) in [6.07, 6.45) is 0.998. The average molecular weight is 335 g/mol. The summed E-state index contributed by atoms with van der Waals surface area (Å²) < 4.78 is 5.73. The second-order valence-corrected chi connectivity index (χ2v) is 5.71. The highest BCUT2D eigenvalue weighted by molar-refractivity contribution is 5.54. The van der Waals surface area contributed by atoms with E-state index in [0.29, 0.717) is 11.8 Å². The Labute approximate surface area is 147 Å². The van der Waals surface area contributed by atoms with Crippen LogP contribution in [0.2, 0.25) is 0 Å². The minimum absolute atomic E-state index is 0.157. The molecule has 0 radical (unpaired) electrons. The fraction of sp³-hybridized carbons (Fsp3) is 0.211. The lowest BCUT2D eigenvalue weighted by Crippen LogP contribution is -2.09. The highest BCUT2D eigenvalue weighted by Gasteiger charge is 2.06. The minimum atomic E-state index is 0.157. The largest absolute Gasteiger partial charge is 0.486 e. The Hall–Kier alpha value is -3.15. The normalized spacial score (nSPS) is 10.5. The van der Waals surface area contributed by atoms with Crippen LogP contribution in [0.25, 0.3) is 0 Å². The highest BCUT2D eigenvalue weighted by Crippen LogP contribution is 2.16. The fourth-order valence-corrected chi connectivity index (χ4v) is 2.29. The molecule has 0 aliphatic rings. The fourth-order valence-electron chi connectivity index (χ4n) is 2.29. The lowest BCUT2D eigenvalue weighted by atomic mass is 10.2. The van der Waals surface area contributed by atoms with Gasteiger partial charge in [-0.15, -0.1) is 0 Å². The molecule has 2 aromatic carbocycles. The van der Waals surface area contributed by atoms with Gasteiger partial charge >= 0.3 is 0 Å². The molecular formula is C19H21N5O. The monoisotopic (exact) mass is 335 g/mol. The average Bonchev–Trinajstić information content (AvgIpc) is 2.62. The third-order valence-electron chi connectivity index (χ3n) is 3.71. The van der Waals surface area contributed by atoms with E-state index in [-0.39, 0.29) is 12.6 Å². The Morgan fingerprint density at radius 2 is 1.68 bits per heavy atom. The molecule has 0 aliphatic heterocycles. The van der Waals surface area contributed by atoms with Gasteiger partial charge in [-0.05, 0) is 43.2 Å².